The van der Waals surface area contributed by atoms with Gasteiger partial charge in [0.2, 0.25) is 5.91 Å². The monoisotopic (exact) mass is 418 g/mol. The molecular weight excluding hydrogens is 400 g/mol. The number of fused-ring (bicyclic) bond motifs is 1. The molecule has 0 aliphatic heterocycles. The number of nitro groups is 1. The van der Waals surface area contributed by atoms with E-state index in [1.165, 1.54) is 34.1 Å². The van der Waals surface area contributed by atoms with Gasteiger partial charge < -0.3 is 5.32 Å². The van der Waals surface area contributed by atoms with Crippen LogP contribution in [0.3, 0.4) is 0 Å². The Morgan fingerprint density at radius 1 is 1.36 bits per heavy atom. The molecule has 0 fully saturated rings. The van der Waals surface area contributed by atoms with Crippen molar-refractivity contribution in [2.24, 2.45) is 7.05 Å². The van der Waals surface area contributed by atoms with Crippen LogP contribution in [0.1, 0.15) is 17.4 Å². The van der Waals surface area contributed by atoms with E-state index in [0.29, 0.717) is 15.4 Å². The van der Waals surface area contributed by atoms with Crippen molar-refractivity contribution in [3.63, 3.8) is 0 Å². The highest BCUT2D eigenvalue weighted by Crippen LogP contribution is 2.30. The minimum Gasteiger partial charge on any atom is -0.319 e. The number of rotatable bonds is 5. The van der Waals surface area contributed by atoms with Crippen LogP contribution < -0.4 is 10.9 Å². The number of aromatic nitrogens is 2. The summed E-state index contributed by atoms with van der Waals surface area (Å²) in [4.78, 5) is 42.0. The molecule has 0 saturated carbocycles. The van der Waals surface area contributed by atoms with E-state index in [0.717, 1.165) is 22.2 Å². The first-order valence-electron chi connectivity index (χ1n) is 8.38. The molecule has 146 valence electrons. The predicted molar refractivity (Wildman–Crippen MR) is 111 cm³/mol. The summed E-state index contributed by atoms with van der Waals surface area (Å²) in [6.07, 6.45) is 0. The molecule has 0 bridgehead atoms. The minimum absolute atomic E-state index is 0.131. The zero-order valence-corrected chi connectivity index (χ0v) is 17.3. The quantitative estimate of drug-likeness (QED) is 0.293. The standard InChI is InChI=1S/C18H18N4O4S2/c1-9-10(2)27-16-14(9)17(24)21(4)18(20-16)28-11(3)15(23)19-12-7-5-6-8-13(12)22(25)26/h5-8,11H,1-4H3,(H,19,23). The lowest BCUT2D eigenvalue weighted by atomic mass is 10.2. The SMILES string of the molecule is Cc1sc2nc(SC(C)C(=O)Nc3ccccc3[N+](=O)[O-])n(C)c(=O)c2c1C. The molecule has 2 aromatic heterocycles. The predicted octanol–water partition coefficient (Wildman–Crippen LogP) is 3.64. The summed E-state index contributed by atoms with van der Waals surface area (Å²) in [6, 6.07) is 5.95. The van der Waals surface area contributed by atoms with Gasteiger partial charge in [-0.15, -0.1) is 11.3 Å². The Hall–Kier alpha value is -2.72. The molecule has 2 heterocycles. The number of thioether (sulfide) groups is 1. The highest BCUT2D eigenvalue weighted by Gasteiger charge is 2.22. The topological polar surface area (TPSA) is 107 Å². The fourth-order valence-electron chi connectivity index (χ4n) is 2.65. The number of benzene rings is 1. The third-order valence-corrected chi connectivity index (χ3v) is 6.62. The van der Waals surface area contributed by atoms with Crippen LogP contribution >= 0.6 is 23.1 Å². The van der Waals surface area contributed by atoms with Crippen LogP contribution in [0.4, 0.5) is 11.4 Å². The van der Waals surface area contributed by atoms with Crippen LogP contribution in [-0.4, -0.2) is 25.6 Å². The fraction of sp³-hybridized carbons (Fsp3) is 0.278. The second kappa shape index (κ2) is 7.72. The molecule has 1 N–H and O–H groups in total. The average molecular weight is 419 g/mol. The number of nitrogens with one attached hydrogen (secondary N) is 1. The molecule has 3 aromatic rings. The molecule has 3 rings (SSSR count). The van der Waals surface area contributed by atoms with Crippen molar-refractivity contribution in [1.82, 2.24) is 9.55 Å². The number of thiophene rings is 1. The molecule has 1 unspecified atom stereocenters. The van der Waals surface area contributed by atoms with Crippen LogP contribution in [0.2, 0.25) is 0 Å². The van der Waals surface area contributed by atoms with Crippen LogP contribution in [0, 0.1) is 24.0 Å². The van der Waals surface area contributed by atoms with Gasteiger partial charge in [-0.05, 0) is 32.4 Å². The summed E-state index contributed by atoms with van der Waals surface area (Å²) >= 11 is 2.58. The van der Waals surface area contributed by atoms with Gasteiger partial charge in [-0.2, -0.15) is 0 Å². The van der Waals surface area contributed by atoms with Gasteiger partial charge in [0, 0.05) is 18.0 Å². The number of carbonyl (C=O) groups is 1. The number of aryl methyl sites for hydroxylation is 2. The first kappa shape index (κ1) is 20.0. The molecule has 0 aliphatic carbocycles. The molecule has 28 heavy (non-hydrogen) atoms. The Morgan fingerprint density at radius 3 is 2.71 bits per heavy atom. The lowest BCUT2D eigenvalue weighted by Crippen LogP contribution is -2.25. The van der Waals surface area contributed by atoms with Crippen molar-refractivity contribution in [2.75, 3.05) is 5.32 Å². The number of anilines is 1. The molecule has 0 saturated heterocycles. The first-order valence-corrected chi connectivity index (χ1v) is 10.1. The lowest BCUT2D eigenvalue weighted by molar-refractivity contribution is -0.383. The summed E-state index contributed by atoms with van der Waals surface area (Å²) in [6.45, 7) is 5.50. The van der Waals surface area contributed by atoms with Crippen molar-refractivity contribution in [1.29, 1.82) is 0 Å². The fourth-order valence-corrected chi connectivity index (χ4v) is 4.59. The van der Waals surface area contributed by atoms with E-state index in [9.17, 15) is 19.7 Å². The van der Waals surface area contributed by atoms with E-state index < -0.39 is 16.1 Å². The van der Waals surface area contributed by atoms with Gasteiger partial charge in [0.1, 0.15) is 10.5 Å². The number of hydrogen-bond acceptors (Lipinski definition) is 7. The second-order valence-electron chi connectivity index (χ2n) is 6.25. The van der Waals surface area contributed by atoms with Gasteiger partial charge in [0.05, 0.1) is 15.6 Å². The van der Waals surface area contributed by atoms with Crippen LogP contribution in [0.15, 0.2) is 34.2 Å². The lowest BCUT2D eigenvalue weighted by Gasteiger charge is -2.13. The highest BCUT2D eigenvalue weighted by molar-refractivity contribution is 8.00. The van der Waals surface area contributed by atoms with E-state index >= 15 is 0 Å². The van der Waals surface area contributed by atoms with Crippen molar-refractivity contribution in [2.45, 2.75) is 31.2 Å². The number of hydrogen-bond donors (Lipinski definition) is 1. The van der Waals surface area contributed by atoms with Gasteiger partial charge in [0.15, 0.2) is 5.16 Å². The number of amides is 1. The third-order valence-electron chi connectivity index (χ3n) is 4.38. The van der Waals surface area contributed by atoms with Crippen LogP contribution in [0.5, 0.6) is 0 Å². The number of nitro benzene ring substituents is 1. The van der Waals surface area contributed by atoms with Crippen LogP contribution in [-0.2, 0) is 11.8 Å². The van der Waals surface area contributed by atoms with E-state index in [4.69, 9.17) is 0 Å². The molecule has 1 atom stereocenters. The smallest absolute Gasteiger partial charge is 0.292 e. The van der Waals surface area contributed by atoms with Crippen LogP contribution in [0.25, 0.3) is 10.2 Å². The van der Waals surface area contributed by atoms with Gasteiger partial charge in [-0.1, -0.05) is 23.9 Å². The van der Waals surface area contributed by atoms with Crippen molar-refractivity contribution >= 4 is 50.6 Å². The zero-order chi connectivity index (χ0) is 20.6. The second-order valence-corrected chi connectivity index (χ2v) is 8.76. The maximum atomic E-state index is 12.7. The zero-order valence-electron chi connectivity index (χ0n) is 15.7. The highest BCUT2D eigenvalue weighted by atomic mass is 32.2. The Bertz CT molecular complexity index is 1150. The Morgan fingerprint density at radius 2 is 2.04 bits per heavy atom. The van der Waals surface area contributed by atoms with E-state index in [-0.39, 0.29) is 16.9 Å². The summed E-state index contributed by atoms with van der Waals surface area (Å²) in [7, 11) is 1.62. The number of nitrogens with zero attached hydrogens (tertiary/aromatic N) is 3. The average Bonchev–Trinajstić information content (AvgIpc) is 2.93. The normalized spacial score (nSPS) is 12.1. The number of carbonyl (C=O) groups excluding carboxylic acids is 1. The van der Waals surface area contributed by atoms with Gasteiger partial charge in [-0.25, -0.2) is 4.98 Å². The minimum atomic E-state index is -0.613. The molecule has 0 spiro atoms. The van der Waals surface area contributed by atoms with Gasteiger partial charge in [0.25, 0.3) is 11.2 Å². The van der Waals surface area contributed by atoms with E-state index in [1.807, 2.05) is 13.8 Å². The number of para-hydroxylation sites is 2. The molecule has 10 heteroatoms. The Labute approximate surface area is 168 Å². The molecule has 1 aromatic carbocycles. The van der Waals surface area contributed by atoms with Gasteiger partial charge in [-0.3, -0.25) is 24.3 Å². The van der Waals surface area contributed by atoms with Crippen molar-refractivity contribution < 1.29 is 9.72 Å². The summed E-state index contributed by atoms with van der Waals surface area (Å²) in [5.74, 6) is -0.410. The Kier molecular flexibility index (Phi) is 5.52. The maximum Gasteiger partial charge on any atom is 0.292 e. The largest absolute Gasteiger partial charge is 0.319 e. The van der Waals surface area contributed by atoms with E-state index in [2.05, 4.69) is 10.3 Å². The van der Waals surface area contributed by atoms with E-state index in [1.54, 1.807) is 20.0 Å². The molecule has 8 nitrogen and oxygen atoms in total. The maximum absolute atomic E-state index is 12.7. The summed E-state index contributed by atoms with van der Waals surface area (Å²) in [5.41, 5.74) is 0.726. The van der Waals surface area contributed by atoms with Crippen molar-refractivity contribution in [3.8, 4) is 0 Å². The van der Waals surface area contributed by atoms with Gasteiger partial charge >= 0.3 is 0 Å². The summed E-state index contributed by atoms with van der Waals surface area (Å²) in [5, 5.41) is 14.1. The molecule has 1 amide bonds. The first-order chi connectivity index (χ1) is 13.2. The van der Waals surface area contributed by atoms with Crippen molar-refractivity contribution in [3.05, 3.63) is 55.2 Å². The molecule has 0 aliphatic rings. The molecule has 0 radical (unpaired) electrons. The Balaban J connectivity index is 1.86. The third kappa shape index (κ3) is 3.65. The summed E-state index contributed by atoms with van der Waals surface area (Å²) < 4.78 is 1.43. The molecular formula is C18H18N4O4S2.